The Kier molecular flexibility index (Phi) is 3.61. The van der Waals surface area contributed by atoms with Gasteiger partial charge in [-0.25, -0.2) is 0 Å². The van der Waals surface area contributed by atoms with Crippen molar-refractivity contribution >= 4 is 0 Å². The van der Waals surface area contributed by atoms with Gasteiger partial charge in [0.1, 0.15) is 0 Å². The zero-order valence-corrected chi connectivity index (χ0v) is 9.50. The van der Waals surface area contributed by atoms with Crippen molar-refractivity contribution in [2.24, 2.45) is 11.8 Å². The van der Waals surface area contributed by atoms with Gasteiger partial charge in [0.05, 0.1) is 11.6 Å². The normalized spacial score (nSPS) is 35.6. The molecule has 3 N–H and O–H groups in total. The van der Waals surface area contributed by atoms with Crippen LogP contribution in [0.2, 0.25) is 0 Å². The summed E-state index contributed by atoms with van der Waals surface area (Å²) in [6.45, 7) is 4.77. The highest BCUT2D eigenvalue weighted by Crippen LogP contribution is 2.34. The largest absolute Gasteiger partial charge is 0.381 e. The molecule has 2 heterocycles. The summed E-state index contributed by atoms with van der Waals surface area (Å²) in [5, 5.41) is 0. The molecule has 2 rings (SSSR count). The fourth-order valence-electron chi connectivity index (χ4n) is 2.91. The molecule has 2 saturated heterocycles. The van der Waals surface area contributed by atoms with Crippen LogP contribution in [0, 0.1) is 5.92 Å². The molecule has 0 amide bonds. The first-order chi connectivity index (χ1) is 7.26. The zero-order valence-electron chi connectivity index (χ0n) is 9.50. The first-order valence-corrected chi connectivity index (χ1v) is 5.94. The summed E-state index contributed by atoms with van der Waals surface area (Å²) in [5.41, 5.74) is 2.90. The highest BCUT2D eigenvalue weighted by molar-refractivity contribution is 4.95. The first kappa shape index (κ1) is 11.3. The van der Waals surface area contributed by atoms with Crippen molar-refractivity contribution in [2.75, 3.05) is 19.8 Å². The number of hydrogen-bond donors (Lipinski definition) is 2. The molecule has 88 valence electrons. The van der Waals surface area contributed by atoms with Crippen molar-refractivity contribution in [1.82, 2.24) is 5.43 Å². The summed E-state index contributed by atoms with van der Waals surface area (Å²) >= 11 is 0. The molecule has 2 aliphatic heterocycles. The summed E-state index contributed by atoms with van der Waals surface area (Å²) < 4.78 is 11.2. The van der Waals surface area contributed by atoms with Gasteiger partial charge in [-0.15, -0.1) is 0 Å². The highest BCUT2D eigenvalue weighted by Gasteiger charge is 2.42. The van der Waals surface area contributed by atoms with E-state index in [1.54, 1.807) is 0 Å². The maximum absolute atomic E-state index is 5.86. The van der Waals surface area contributed by atoms with Crippen LogP contribution in [0.25, 0.3) is 0 Å². The van der Waals surface area contributed by atoms with Gasteiger partial charge in [-0.3, -0.25) is 11.3 Å². The molecular formula is C11H22N2O2. The van der Waals surface area contributed by atoms with Gasteiger partial charge in [0.25, 0.3) is 0 Å². The van der Waals surface area contributed by atoms with Crippen molar-refractivity contribution in [1.29, 1.82) is 0 Å². The second kappa shape index (κ2) is 4.78. The molecule has 0 radical (unpaired) electrons. The van der Waals surface area contributed by atoms with Gasteiger partial charge in [0.15, 0.2) is 0 Å². The summed E-state index contributed by atoms with van der Waals surface area (Å²) in [7, 11) is 0. The number of ether oxygens (including phenoxy) is 2. The molecule has 2 unspecified atom stereocenters. The highest BCUT2D eigenvalue weighted by atomic mass is 16.5. The predicted octanol–water partition coefficient (Wildman–Crippen LogP) is 0.814. The fourth-order valence-corrected chi connectivity index (χ4v) is 2.91. The lowest BCUT2D eigenvalue weighted by atomic mass is 9.80. The van der Waals surface area contributed by atoms with Crippen LogP contribution in [0.5, 0.6) is 0 Å². The third-order valence-corrected chi connectivity index (χ3v) is 3.82. The number of rotatable bonds is 3. The standard InChI is InChI=1S/C11H22N2O2/c1-11(5-2-6-15-11)10(13-12)9-3-7-14-8-4-9/h9-10,13H,2-8,12H2,1H3. The fraction of sp³-hybridized carbons (Fsp3) is 1.00. The van der Waals surface area contributed by atoms with Crippen molar-refractivity contribution in [3.05, 3.63) is 0 Å². The molecule has 0 aromatic rings. The molecule has 4 heteroatoms. The number of nitrogens with one attached hydrogen (secondary N) is 1. The number of hydrazine groups is 1. The Morgan fingerprint density at radius 2 is 2.07 bits per heavy atom. The molecule has 4 nitrogen and oxygen atoms in total. The van der Waals surface area contributed by atoms with Crippen LogP contribution in [0.3, 0.4) is 0 Å². The van der Waals surface area contributed by atoms with Crippen LogP contribution >= 0.6 is 0 Å². The zero-order chi connectivity index (χ0) is 10.7. The Bertz CT molecular complexity index is 199. The number of hydrogen-bond acceptors (Lipinski definition) is 4. The number of nitrogens with two attached hydrogens (primary N) is 1. The molecule has 2 atom stereocenters. The minimum absolute atomic E-state index is 0.0727. The minimum Gasteiger partial charge on any atom is -0.381 e. The van der Waals surface area contributed by atoms with Crippen molar-refractivity contribution in [3.8, 4) is 0 Å². The van der Waals surface area contributed by atoms with Crippen LogP contribution in [-0.4, -0.2) is 31.5 Å². The molecular weight excluding hydrogens is 192 g/mol. The molecule has 0 saturated carbocycles. The van der Waals surface area contributed by atoms with Crippen LogP contribution in [0.1, 0.15) is 32.6 Å². The van der Waals surface area contributed by atoms with Crippen LogP contribution in [-0.2, 0) is 9.47 Å². The van der Waals surface area contributed by atoms with E-state index in [0.29, 0.717) is 5.92 Å². The molecule has 0 bridgehead atoms. The average Bonchev–Trinajstić information content (AvgIpc) is 2.68. The van der Waals surface area contributed by atoms with E-state index in [1.807, 2.05) is 0 Å². The van der Waals surface area contributed by atoms with Crippen LogP contribution in [0.4, 0.5) is 0 Å². The van der Waals surface area contributed by atoms with Gasteiger partial charge in [-0.1, -0.05) is 0 Å². The lowest BCUT2D eigenvalue weighted by Crippen LogP contribution is -2.56. The van der Waals surface area contributed by atoms with E-state index >= 15 is 0 Å². The van der Waals surface area contributed by atoms with Gasteiger partial charge >= 0.3 is 0 Å². The monoisotopic (exact) mass is 214 g/mol. The maximum Gasteiger partial charge on any atom is 0.0823 e. The van der Waals surface area contributed by atoms with E-state index in [1.165, 1.54) is 0 Å². The lowest BCUT2D eigenvalue weighted by molar-refractivity contribution is -0.0488. The Morgan fingerprint density at radius 1 is 1.33 bits per heavy atom. The SMILES string of the molecule is CC1(C(NN)C2CCOCC2)CCCO1. The van der Waals surface area contributed by atoms with Gasteiger partial charge in [-0.2, -0.15) is 0 Å². The van der Waals surface area contributed by atoms with Gasteiger partial charge in [-0.05, 0) is 38.5 Å². The maximum atomic E-state index is 5.86. The minimum atomic E-state index is -0.0727. The molecule has 0 aromatic heterocycles. The second-order valence-electron chi connectivity index (χ2n) is 4.86. The Balaban J connectivity index is 2.01. The molecule has 0 aromatic carbocycles. The lowest BCUT2D eigenvalue weighted by Gasteiger charge is -2.39. The molecule has 2 aliphatic rings. The topological polar surface area (TPSA) is 56.5 Å². The molecule has 0 aliphatic carbocycles. The second-order valence-corrected chi connectivity index (χ2v) is 4.86. The first-order valence-electron chi connectivity index (χ1n) is 5.94. The van der Waals surface area contributed by atoms with E-state index in [0.717, 1.165) is 45.5 Å². The van der Waals surface area contributed by atoms with E-state index in [-0.39, 0.29) is 11.6 Å². The Labute approximate surface area is 91.5 Å². The Hall–Kier alpha value is -0.160. The third kappa shape index (κ3) is 2.33. The van der Waals surface area contributed by atoms with Gasteiger partial charge in [0, 0.05) is 19.8 Å². The van der Waals surface area contributed by atoms with Crippen molar-refractivity contribution < 1.29 is 9.47 Å². The smallest absolute Gasteiger partial charge is 0.0823 e. The van der Waals surface area contributed by atoms with E-state index in [9.17, 15) is 0 Å². The summed E-state index contributed by atoms with van der Waals surface area (Å²) in [4.78, 5) is 0. The average molecular weight is 214 g/mol. The quantitative estimate of drug-likeness (QED) is 0.539. The van der Waals surface area contributed by atoms with Crippen LogP contribution in [0.15, 0.2) is 0 Å². The third-order valence-electron chi connectivity index (χ3n) is 3.82. The summed E-state index contributed by atoms with van der Waals surface area (Å²) in [6, 6.07) is 0.268. The Morgan fingerprint density at radius 3 is 2.60 bits per heavy atom. The van der Waals surface area contributed by atoms with Crippen LogP contribution < -0.4 is 11.3 Å². The molecule has 2 fully saturated rings. The van der Waals surface area contributed by atoms with Gasteiger partial charge < -0.3 is 9.47 Å². The van der Waals surface area contributed by atoms with Crippen molar-refractivity contribution in [2.45, 2.75) is 44.2 Å². The van der Waals surface area contributed by atoms with E-state index in [4.69, 9.17) is 15.3 Å². The summed E-state index contributed by atoms with van der Waals surface area (Å²) in [6.07, 6.45) is 4.44. The van der Waals surface area contributed by atoms with Gasteiger partial charge in [0.2, 0.25) is 0 Å². The molecule has 15 heavy (non-hydrogen) atoms. The predicted molar refractivity (Wildman–Crippen MR) is 58.2 cm³/mol. The van der Waals surface area contributed by atoms with Crippen molar-refractivity contribution in [3.63, 3.8) is 0 Å². The molecule has 0 spiro atoms. The van der Waals surface area contributed by atoms with E-state index in [2.05, 4.69) is 12.3 Å². The van der Waals surface area contributed by atoms with E-state index < -0.39 is 0 Å². The summed E-state index contributed by atoms with van der Waals surface area (Å²) in [5.74, 6) is 6.29.